The quantitative estimate of drug-likeness (QED) is 0.700. The van der Waals surface area contributed by atoms with Crippen LogP contribution in [0.5, 0.6) is 0 Å². The van der Waals surface area contributed by atoms with E-state index in [1.165, 1.54) is 19.0 Å². The molecule has 0 bridgehead atoms. The molecule has 1 saturated carbocycles. The van der Waals surface area contributed by atoms with Gasteiger partial charge >= 0.3 is 0 Å². The van der Waals surface area contributed by atoms with Crippen LogP contribution >= 0.6 is 0 Å². The Bertz CT molecular complexity index is 464. The van der Waals surface area contributed by atoms with E-state index in [2.05, 4.69) is 14.9 Å². The second-order valence-corrected chi connectivity index (χ2v) is 6.03. The second kappa shape index (κ2) is 4.06. The van der Waals surface area contributed by atoms with Crippen LogP contribution < -0.4 is 10.5 Å². The van der Waals surface area contributed by atoms with Crippen molar-refractivity contribution in [2.75, 3.05) is 5.73 Å². The van der Waals surface area contributed by atoms with Crippen LogP contribution in [0.25, 0.3) is 0 Å². The zero-order valence-corrected chi connectivity index (χ0v) is 9.92. The molecular weight excluding hydrogens is 228 g/mol. The molecule has 1 atom stereocenters. The topological polar surface area (TPSA) is 101 Å². The van der Waals surface area contributed by atoms with Crippen LogP contribution in [0.2, 0.25) is 0 Å². The van der Waals surface area contributed by atoms with Crippen molar-refractivity contribution < 1.29 is 8.42 Å². The first-order valence-electron chi connectivity index (χ1n) is 5.30. The van der Waals surface area contributed by atoms with E-state index in [1.807, 2.05) is 6.92 Å². The number of H-pyrrole nitrogens is 1. The first kappa shape index (κ1) is 11.4. The minimum Gasteiger partial charge on any atom is -0.383 e. The molecule has 0 saturated heterocycles. The Kier molecular flexibility index (Phi) is 2.90. The fourth-order valence-corrected chi connectivity index (χ4v) is 3.01. The van der Waals surface area contributed by atoms with Crippen molar-refractivity contribution in [2.45, 2.75) is 37.1 Å². The van der Waals surface area contributed by atoms with E-state index in [0.29, 0.717) is 5.92 Å². The van der Waals surface area contributed by atoms with Crippen molar-refractivity contribution in [1.82, 2.24) is 14.9 Å². The highest BCUT2D eigenvalue weighted by molar-refractivity contribution is 7.89. The molecule has 6 nitrogen and oxygen atoms in total. The average molecular weight is 244 g/mol. The molecule has 0 radical (unpaired) electrons. The minimum absolute atomic E-state index is 0.0233. The third-order valence-electron chi connectivity index (χ3n) is 2.66. The van der Waals surface area contributed by atoms with Gasteiger partial charge in [-0.25, -0.2) is 13.1 Å². The van der Waals surface area contributed by atoms with Gasteiger partial charge in [0.1, 0.15) is 10.7 Å². The number of nitrogens with zero attached hydrogens (tertiary/aromatic N) is 1. The van der Waals surface area contributed by atoms with Crippen LogP contribution in [0.15, 0.2) is 11.1 Å². The Morgan fingerprint density at radius 1 is 1.69 bits per heavy atom. The summed E-state index contributed by atoms with van der Waals surface area (Å²) in [5.41, 5.74) is 5.48. The molecule has 1 aromatic heterocycles. The number of sulfonamides is 1. The number of hydrogen-bond acceptors (Lipinski definition) is 4. The lowest BCUT2D eigenvalue weighted by atomic mass is 10.2. The molecule has 1 aromatic rings. The smallest absolute Gasteiger partial charge is 0.246 e. The summed E-state index contributed by atoms with van der Waals surface area (Å²) in [5, 5.41) is 6.01. The van der Waals surface area contributed by atoms with Crippen molar-refractivity contribution in [3.63, 3.8) is 0 Å². The molecule has 0 aromatic carbocycles. The van der Waals surface area contributed by atoms with Gasteiger partial charge in [-0.1, -0.05) is 12.8 Å². The Morgan fingerprint density at radius 2 is 2.38 bits per heavy atom. The molecule has 1 aliphatic carbocycles. The molecule has 4 N–H and O–H groups in total. The lowest BCUT2D eigenvalue weighted by molar-refractivity contribution is 0.530. The molecule has 1 heterocycles. The zero-order chi connectivity index (χ0) is 11.8. The van der Waals surface area contributed by atoms with Gasteiger partial charge in [-0.05, 0) is 19.3 Å². The minimum atomic E-state index is -3.53. The summed E-state index contributed by atoms with van der Waals surface area (Å²) in [7, 11) is -3.53. The number of nitrogens with two attached hydrogens (primary N) is 1. The Morgan fingerprint density at radius 3 is 2.88 bits per heavy atom. The highest BCUT2D eigenvalue weighted by Crippen LogP contribution is 2.33. The molecule has 1 unspecified atom stereocenters. The highest BCUT2D eigenvalue weighted by Gasteiger charge is 2.27. The van der Waals surface area contributed by atoms with E-state index in [-0.39, 0.29) is 16.8 Å². The molecule has 0 aliphatic heterocycles. The molecule has 16 heavy (non-hydrogen) atoms. The van der Waals surface area contributed by atoms with E-state index in [0.717, 1.165) is 6.42 Å². The maximum Gasteiger partial charge on any atom is 0.246 e. The number of hydrogen-bond donors (Lipinski definition) is 3. The molecule has 1 fully saturated rings. The summed E-state index contributed by atoms with van der Waals surface area (Å²) in [6, 6.07) is -0.0631. The largest absolute Gasteiger partial charge is 0.383 e. The predicted molar refractivity (Wildman–Crippen MR) is 60.1 cm³/mol. The van der Waals surface area contributed by atoms with Gasteiger partial charge in [0.2, 0.25) is 10.0 Å². The van der Waals surface area contributed by atoms with Crippen molar-refractivity contribution in [3.05, 3.63) is 6.20 Å². The standard InChI is InChI=1S/C9H16N4O2S/c1-6(4-7-2-3-7)13-16(14,15)8-5-11-12-9(8)10/h5-7,13H,2-4H2,1H3,(H3,10,11,12). The lowest BCUT2D eigenvalue weighted by Gasteiger charge is -2.12. The van der Waals surface area contributed by atoms with Gasteiger partial charge in [0, 0.05) is 6.04 Å². The molecule has 1 aliphatic rings. The predicted octanol–water partition coefficient (Wildman–Crippen LogP) is 0.459. The summed E-state index contributed by atoms with van der Waals surface area (Å²) in [4.78, 5) is 0.0233. The second-order valence-electron chi connectivity index (χ2n) is 4.35. The first-order chi connectivity index (χ1) is 7.49. The zero-order valence-electron chi connectivity index (χ0n) is 9.10. The van der Waals surface area contributed by atoms with Gasteiger partial charge in [0.25, 0.3) is 0 Å². The molecule has 0 spiro atoms. The van der Waals surface area contributed by atoms with E-state index in [4.69, 9.17) is 5.73 Å². The van der Waals surface area contributed by atoms with E-state index >= 15 is 0 Å². The van der Waals surface area contributed by atoms with Crippen LogP contribution in [0.3, 0.4) is 0 Å². The number of nitrogens with one attached hydrogen (secondary N) is 2. The number of aromatic nitrogens is 2. The highest BCUT2D eigenvalue weighted by atomic mass is 32.2. The molecule has 90 valence electrons. The fourth-order valence-electron chi connectivity index (χ4n) is 1.73. The molecular formula is C9H16N4O2S. The number of anilines is 1. The lowest BCUT2D eigenvalue weighted by Crippen LogP contribution is -2.33. The number of nitrogen functional groups attached to an aromatic ring is 1. The average Bonchev–Trinajstić information content (AvgIpc) is 2.84. The summed E-state index contributed by atoms with van der Waals surface area (Å²) in [5.74, 6) is 0.755. The summed E-state index contributed by atoms with van der Waals surface area (Å²) < 4.78 is 26.4. The van der Waals surface area contributed by atoms with E-state index in [9.17, 15) is 8.42 Å². The van der Waals surface area contributed by atoms with Crippen molar-refractivity contribution in [2.24, 2.45) is 5.92 Å². The van der Waals surface area contributed by atoms with Crippen molar-refractivity contribution in [3.8, 4) is 0 Å². The Balaban J connectivity index is 2.04. The van der Waals surface area contributed by atoms with Gasteiger partial charge in [-0.2, -0.15) is 5.10 Å². The van der Waals surface area contributed by atoms with Gasteiger partial charge in [0.15, 0.2) is 0 Å². The SMILES string of the molecule is CC(CC1CC1)NS(=O)(=O)c1cn[nH]c1N. The summed E-state index contributed by atoms with van der Waals surface area (Å²) in [6.45, 7) is 1.87. The van der Waals surface area contributed by atoms with Crippen LogP contribution in [0.1, 0.15) is 26.2 Å². The monoisotopic (exact) mass is 244 g/mol. The van der Waals surface area contributed by atoms with Gasteiger partial charge < -0.3 is 5.73 Å². The Labute approximate surface area is 94.7 Å². The summed E-state index contributed by atoms with van der Waals surface area (Å²) in [6.07, 6.45) is 4.53. The number of rotatable bonds is 5. The van der Waals surface area contributed by atoms with Gasteiger partial charge in [-0.15, -0.1) is 0 Å². The fraction of sp³-hybridized carbons (Fsp3) is 0.667. The van der Waals surface area contributed by atoms with Gasteiger partial charge in [0.05, 0.1) is 6.20 Å². The third-order valence-corrected chi connectivity index (χ3v) is 4.28. The van der Waals surface area contributed by atoms with E-state index in [1.54, 1.807) is 0 Å². The van der Waals surface area contributed by atoms with E-state index < -0.39 is 10.0 Å². The van der Waals surface area contributed by atoms with Crippen LogP contribution in [-0.2, 0) is 10.0 Å². The maximum atomic E-state index is 11.9. The van der Waals surface area contributed by atoms with Crippen LogP contribution in [0.4, 0.5) is 5.82 Å². The Hall–Kier alpha value is -1.08. The molecule has 7 heteroatoms. The molecule has 2 rings (SSSR count). The number of aromatic amines is 1. The van der Waals surface area contributed by atoms with Crippen LogP contribution in [-0.4, -0.2) is 24.7 Å². The summed E-state index contributed by atoms with van der Waals surface area (Å²) >= 11 is 0. The van der Waals surface area contributed by atoms with Crippen molar-refractivity contribution >= 4 is 15.8 Å². The van der Waals surface area contributed by atoms with Crippen molar-refractivity contribution in [1.29, 1.82) is 0 Å². The maximum absolute atomic E-state index is 11.9. The van der Waals surface area contributed by atoms with Gasteiger partial charge in [-0.3, -0.25) is 5.10 Å². The van der Waals surface area contributed by atoms with Crippen LogP contribution in [0, 0.1) is 5.92 Å². The molecule has 0 amide bonds. The normalized spacial score (nSPS) is 18.6. The third kappa shape index (κ3) is 2.53. The first-order valence-corrected chi connectivity index (χ1v) is 6.78.